The van der Waals surface area contributed by atoms with Crippen molar-refractivity contribution in [2.24, 2.45) is 0 Å². The van der Waals surface area contributed by atoms with Crippen LogP contribution in [0.15, 0.2) is 146 Å². The molecule has 17 nitrogen and oxygen atoms in total. The Bertz CT molecular complexity index is 2470. The van der Waals surface area contributed by atoms with Crippen LogP contribution in [0.3, 0.4) is 0 Å². The summed E-state index contributed by atoms with van der Waals surface area (Å²) in [6, 6.07) is 0. The number of hydrogen-bond donors (Lipinski definition) is 3. The van der Waals surface area contributed by atoms with Gasteiger partial charge >= 0.3 is 39.5 Å². The molecule has 0 bridgehead atoms. The topological polar surface area (TPSA) is 237 Å². The van der Waals surface area contributed by atoms with Crippen LogP contribution in [0.2, 0.25) is 0 Å². The van der Waals surface area contributed by atoms with Gasteiger partial charge in [-0.2, -0.15) is 0 Å². The first-order valence-electron chi connectivity index (χ1n) is 38.1. The zero-order valence-electron chi connectivity index (χ0n) is 62.1. The highest BCUT2D eigenvalue weighted by Gasteiger charge is 2.30. The second kappa shape index (κ2) is 72.3. The average molecular weight is 1440 g/mol. The van der Waals surface area contributed by atoms with E-state index in [-0.39, 0.29) is 25.7 Å². The van der Waals surface area contributed by atoms with E-state index in [4.69, 9.17) is 37.0 Å². The van der Waals surface area contributed by atoms with Gasteiger partial charge in [-0.05, 0) is 148 Å². The van der Waals surface area contributed by atoms with Crippen molar-refractivity contribution in [1.82, 2.24) is 0 Å². The van der Waals surface area contributed by atoms with Crippen LogP contribution >= 0.6 is 15.6 Å². The van der Waals surface area contributed by atoms with Gasteiger partial charge in [-0.15, -0.1) is 0 Å². The van der Waals surface area contributed by atoms with Gasteiger partial charge < -0.3 is 33.8 Å². The number of phosphoric acid groups is 2. The molecule has 0 spiro atoms. The second-order valence-corrected chi connectivity index (χ2v) is 27.7. The number of aliphatic hydroxyl groups is 1. The van der Waals surface area contributed by atoms with Gasteiger partial charge in [0.1, 0.15) is 19.3 Å². The summed E-state index contributed by atoms with van der Waals surface area (Å²) < 4.78 is 68.4. The van der Waals surface area contributed by atoms with Crippen LogP contribution in [0, 0.1) is 0 Å². The van der Waals surface area contributed by atoms with Crippen molar-refractivity contribution in [3.8, 4) is 0 Å². The highest BCUT2D eigenvalue weighted by Crippen LogP contribution is 2.45. The summed E-state index contributed by atoms with van der Waals surface area (Å²) in [6.45, 7) is 4.38. The fourth-order valence-electron chi connectivity index (χ4n) is 9.56. The van der Waals surface area contributed by atoms with Crippen LogP contribution < -0.4 is 0 Å². The number of rotatable bonds is 70. The van der Waals surface area contributed by atoms with Crippen LogP contribution in [0.1, 0.15) is 285 Å². The lowest BCUT2D eigenvalue weighted by atomic mass is 10.1. The summed E-state index contributed by atoms with van der Waals surface area (Å²) in [5.74, 6) is -2.29. The van der Waals surface area contributed by atoms with Crippen molar-refractivity contribution in [3.05, 3.63) is 146 Å². The third kappa shape index (κ3) is 71.3. The summed E-state index contributed by atoms with van der Waals surface area (Å²) >= 11 is 0. The van der Waals surface area contributed by atoms with Gasteiger partial charge in [-0.25, -0.2) is 9.13 Å². The van der Waals surface area contributed by atoms with E-state index >= 15 is 0 Å². The Morgan fingerprint density at radius 3 is 0.850 bits per heavy atom. The number of phosphoric ester groups is 2. The van der Waals surface area contributed by atoms with Gasteiger partial charge in [-0.3, -0.25) is 37.3 Å². The number of ether oxygens (including phenoxy) is 4. The van der Waals surface area contributed by atoms with E-state index in [1.165, 1.54) is 12.8 Å². The SMILES string of the molecule is CC/C=C\C/C=C\C/C=C\C/C=C\C/C=C\CCCC(=O)OCC(COP(=O)(O)OCC(O)COP(=O)(O)OCC(COC(=O)CCCCCCC/C=C\C/C=C\C/C=C\CC)OC(=O)CCCCCCC/C=C\CCCC)OC(=O)CCCCCCCCC/C=C\C/C=C\C/C=C\CC. The molecular weight excluding hydrogens is 1310 g/mol. The number of aliphatic hydroxyl groups excluding tert-OH is 1. The molecule has 19 heteroatoms. The maximum absolute atomic E-state index is 13.1. The van der Waals surface area contributed by atoms with Crippen LogP contribution in [-0.2, 0) is 65.4 Å². The normalized spacial score (nSPS) is 14.8. The van der Waals surface area contributed by atoms with E-state index in [9.17, 15) is 43.2 Å². The standard InChI is InChI=1S/C81H134O17P2/c1-5-9-13-17-21-25-29-32-35-37-40-43-47-50-54-58-62-66-79(84)92-72-77(98-81(86)68-64-60-56-52-48-44-41-38-36-33-30-26-22-18-14-10-6-2)74-96-100(89,90)94-70-75(82)69-93-99(87,88)95-73-76(97-80(85)67-63-59-55-51-45-28-24-20-16-12-8-4)71-91-78(83)65-61-57-53-49-46-42-39-34-31-27-23-19-15-11-7-3/h9-11,13-15,20-27,32-36,39-40,43,50,54,75-77,82H,5-8,12,16-19,28-31,37-38,41-42,44-49,51-53,55-74H2,1-4H3,(H,87,88)(H,89,90)/b13-9-,14-10-,15-11-,24-20-,25-21-,26-22-,27-23-,35-32-,36-33-,39-34-,43-40-,54-50-. The van der Waals surface area contributed by atoms with Crippen molar-refractivity contribution in [2.45, 2.75) is 303 Å². The van der Waals surface area contributed by atoms with Crippen LogP contribution in [0.5, 0.6) is 0 Å². The fraction of sp³-hybridized carbons (Fsp3) is 0.654. The minimum absolute atomic E-state index is 0.0668. The lowest BCUT2D eigenvalue weighted by molar-refractivity contribution is -0.161. The largest absolute Gasteiger partial charge is 0.472 e. The van der Waals surface area contributed by atoms with Crippen molar-refractivity contribution in [3.63, 3.8) is 0 Å². The van der Waals surface area contributed by atoms with Gasteiger partial charge in [0.15, 0.2) is 12.2 Å². The molecule has 0 saturated carbocycles. The molecule has 0 aliphatic heterocycles. The molecule has 0 aromatic heterocycles. The molecule has 570 valence electrons. The molecule has 0 amide bonds. The van der Waals surface area contributed by atoms with Gasteiger partial charge in [0, 0.05) is 25.7 Å². The van der Waals surface area contributed by atoms with Crippen LogP contribution in [0.4, 0.5) is 0 Å². The van der Waals surface area contributed by atoms with E-state index in [0.29, 0.717) is 32.1 Å². The highest BCUT2D eigenvalue weighted by molar-refractivity contribution is 7.47. The van der Waals surface area contributed by atoms with E-state index in [1.807, 2.05) is 12.2 Å². The number of carbonyl (C=O) groups excluding carboxylic acids is 4. The third-order valence-corrected chi connectivity index (χ3v) is 17.2. The van der Waals surface area contributed by atoms with Gasteiger partial charge in [0.25, 0.3) is 0 Å². The summed E-state index contributed by atoms with van der Waals surface area (Å²) in [6.07, 6.45) is 81.3. The Labute approximate surface area is 605 Å². The minimum Gasteiger partial charge on any atom is -0.462 e. The molecule has 5 unspecified atom stereocenters. The maximum Gasteiger partial charge on any atom is 0.472 e. The van der Waals surface area contributed by atoms with Crippen LogP contribution in [-0.4, -0.2) is 96.7 Å². The first-order valence-corrected chi connectivity index (χ1v) is 41.1. The Hall–Kier alpha value is -5.06. The summed E-state index contributed by atoms with van der Waals surface area (Å²) in [7, 11) is -9.98. The smallest absolute Gasteiger partial charge is 0.462 e. The molecule has 100 heavy (non-hydrogen) atoms. The van der Waals surface area contributed by atoms with Crippen molar-refractivity contribution < 1.29 is 80.2 Å². The Balaban J connectivity index is 5.42. The first kappa shape index (κ1) is 94.9. The van der Waals surface area contributed by atoms with E-state index in [0.717, 1.165) is 186 Å². The Morgan fingerprint density at radius 1 is 0.290 bits per heavy atom. The van der Waals surface area contributed by atoms with E-state index in [1.54, 1.807) is 0 Å². The molecule has 0 radical (unpaired) electrons. The van der Waals surface area contributed by atoms with Crippen molar-refractivity contribution in [1.29, 1.82) is 0 Å². The fourth-order valence-corrected chi connectivity index (χ4v) is 11.1. The molecular formula is C81H134O17P2. The molecule has 0 saturated heterocycles. The number of esters is 4. The third-order valence-electron chi connectivity index (χ3n) is 15.3. The molecule has 0 aliphatic carbocycles. The van der Waals surface area contributed by atoms with Gasteiger partial charge in [-0.1, -0.05) is 257 Å². The van der Waals surface area contributed by atoms with Gasteiger partial charge in [0.05, 0.1) is 26.4 Å². The number of carbonyl (C=O) groups is 4. The molecule has 3 N–H and O–H groups in total. The molecule has 0 aromatic carbocycles. The summed E-state index contributed by atoms with van der Waals surface area (Å²) in [5, 5.41) is 10.6. The Morgan fingerprint density at radius 2 is 0.530 bits per heavy atom. The molecule has 0 heterocycles. The van der Waals surface area contributed by atoms with Gasteiger partial charge in [0.2, 0.25) is 0 Å². The zero-order chi connectivity index (χ0) is 73.2. The molecule has 0 aliphatic rings. The number of hydrogen-bond acceptors (Lipinski definition) is 15. The zero-order valence-corrected chi connectivity index (χ0v) is 63.9. The first-order chi connectivity index (χ1) is 48.7. The lowest BCUT2D eigenvalue weighted by Crippen LogP contribution is -2.30. The molecule has 5 atom stereocenters. The average Bonchev–Trinajstić information content (AvgIpc) is 1.00. The number of unbranched alkanes of at least 4 members (excludes halogenated alkanes) is 20. The molecule has 0 fully saturated rings. The van der Waals surface area contributed by atoms with E-state index < -0.39 is 97.5 Å². The van der Waals surface area contributed by atoms with E-state index in [2.05, 4.69) is 161 Å². The van der Waals surface area contributed by atoms with Crippen molar-refractivity contribution >= 4 is 39.5 Å². The molecule has 0 aromatic rings. The Kier molecular flexibility index (Phi) is 68.6. The van der Waals surface area contributed by atoms with Crippen LogP contribution in [0.25, 0.3) is 0 Å². The quantitative estimate of drug-likeness (QED) is 0.0169. The summed E-state index contributed by atoms with van der Waals surface area (Å²) in [5.41, 5.74) is 0. The molecule has 0 rings (SSSR count). The van der Waals surface area contributed by atoms with Crippen molar-refractivity contribution in [2.75, 3.05) is 39.6 Å². The maximum atomic E-state index is 13.1. The minimum atomic E-state index is -5.00. The number of allylic oxidation sites excluding steroid dienone is 24. The second-order valence-electron chi connectivity index (χ2n) is 24.8. The lowest BCUT2D eigenvalue weighted by Gasteiger charge is -2.21. The summed E-state index contributed by atoms with van der Waals surface area (Å²) in [4.78, 5) is 72.8. The highest BCUT2D eigenvalue weighted by atomic mass is 31.2. The predicted molar refractivity (Wildman–Crippen MR) is 408 cm³/mol. The predicted octanol–water partition coefficient (Wildman–Crippen LogP) is 21.9. The monoisotopic (exact) mass is 1440 g/mol.